The van der Waals surface area contributed by atoms with Gasteiger partial charge in [0.2, 0.25) is 5.78 Å². The topological polar surface area (TPSA) is 30.0 Å². The Kier molecular flexibility index (Phi) is 4.20. The van der Waals surface area contributed by atoms with Crippen LogP contribution in [0.1, 0.15) is 18.2 Å². The summed E-state index contributed by atoms with van der Waals surface area (Å²) in [6.45, 7) is 1.88. The van der Waals surface area contributed by atoms with Crippen molar-refractivity contribution in [1.82, 2.24) is 4.98 Å². The number of rotatable bonds is 5. The Morgan fingerprint density at radius 3 is 2.47 bits per heavy atom. The molecule has 0 spiro atoms. The molecule has 0 aliphatic rings. The maximum absolute atomic E-state index is 12.6. The summed E-state index contributed by atoms with van der Waals surface area (Å²) in [6.07, 6.45) is -2.62. The Morgan fingerprint density at radius 1 is 1.41 bits per heavy atom. The maximum atomic E-state index is 12.6. The standard InChI is InChI=1S/C11H11F4NO/c1-2-7-3-4-8(16-6-7)5-9(17)11(14,15)10(12)13/h3-4,6,10H,2,5H2,1H3. The number of pyridine rings is 1. The van der Waals surface area contributed by atoms with Gasteiger partial charge in [0.1, 0.15) is 0 Å². The fourth-order valence-electron chi connectivity index (χ4n) is 1.17. The quantitative estimate of drug-likeness (QED) is 0.751. The average molecular weight is 249 g/mol. The van der Waals surface area contributed by atoms with Gasteiger partial charge in [0.05, 0.1) is 6.42 Å². The molecule has 0 atom stereocenters. The van der Waals surface area contributed by atoms with Crippen LogP contribution in [0.3, 0.4) is 0 Å². The summed E-state index contributed by atoms with van der Waals surface area (Å²) >= 11 is 0. The van der Waals surface area contributed by atoms with Crippen LogP contribution >= 0.6 is 0 Å². The number of aromatic nitrogens is 1. The van der Waals surface area contributed by atoms with Gasteiger partial charge in [-0.1, -0.05) is 13.0 Å². The van der Waals surface area contributed by atoms with Crippen LogP contribution in [0.2, 0.25) is 0 Å². The largest absolute Gasteiger partial charge is 0.364 e. The molecule has 0 aliphatic heterocycles. The lowest BCUT2D eigenvalue weighted by Crippen LogP contribution is -2.37. The number of carbonyl (C=O) groups excluding carboxylic acids is 1. The van der Waals surface area contributed by atoms with Crippen LogP contribution in [0.15, 0.2) is 18.3 Å². The SMILES string of the molecule is CCc1ccc(CC(=O)C(F)(F)C(F)F)nc1. The van der Waals surface area contributed by atoms with Gasteiger partial charge in [0.25, 0.3) is 0 Å². The molecule has 0 aromatic carbocycles. The smallest absolute Gasteiger partial charge is 0.292 e. The molecule has 0 fully saturated rings. The van der Waals surface area contributed by atoms with Crippen LogP contribution in [0.5, 0.6) is 0 Å². The molecular formula is C11H11F4NO. The monoisotopic (exact) mass is 249 g/mol. The van der Waals surface area contributed by atoms with E-state index in [9.17, 15) is 22.4 Å². The summed E-state index contributed by atoms with van der Waals surface area (Å²) in [4.78, 5) is 14.7. The van der Waals surface area contributed by atoms with E-state index >= 15 is 0 Å². The van der Waals surface area contributed by atoms with Crippen molar-refractivity contribution < 1.29 is 22.4 Å². The second kappa shape index (κ2) is 5.25. The number of ketones is 1. The van der Waals surface area contributed by atoms with Crippen LogP contribution in [0, 0.1) is 0 Å². The molecule has 0 bridgehead atoms. The number of alkyl halides is 4. The average Bonchev–Trinajstić information content (AvgIpc) is 2.29. The molecular weight excluding hydrogens is 238 g/mol. The Labute approximate surface area is 95.7 Å². The Bertz CT molecular complexity index is 389. The summed E-state index contributed by atoms with van der Waals surface area (Å²) in [5, 5.41) is 0. The summed E-state index contributed by atoms with van der Waals surface area (Å²) < 4.78 is 49.1. The highest BCUT2D eigenvalue weighted by atomic mass is 19.3. The third kappa shape index (κ3) is 3.25. The van der Waals surface area contributed by atoms with E-state index in [-0.39, 0.29) is 5.69 Å². The summed E-state index contributed by atoms with van der Waals surface area (Å²) in [5.41, 5.74) is 0.939. The zero-order valence-corrected chi connectivity index (χ0v) is 9.09. The van der Waals surface area contributed by atoms with Crippen LogP contribution in [0.25, 0.3) is 0 Å². The minimum atomic E-state index is -4.61. The third-order valence-electron chi connectivity index (χ3n) is 2.28. The van der Waals surface area contributed by atoms with E-state index < -0.39 is 24.6 Å². The molecule has 94 valence electrons. The van der Waals surface area contributed by atoms with E-state index in [0.717, 1.165) is 5.56 Å². The van der Waals surface area contributed by atoms with E-state index in [1.54, 1.807) is 6.07 Å². The first-order valence-electron chi connectivity index (χ1n) is 5.01. The van der Waals surface area contributed by atoms with Gasteiger partial charge in [-0.15, -0.1) is 0 Å². The first-order valence-corrected chi connectivity index (χ1v) is 5.01. The number of aryl methyl sites for hydroxylation is 1. The van der Waals surface area contributed by atoms with Gasteiger partial charge in [0.15, 0.2) is 0 Å². The Hall–Kier alpha value is -1.46. The second-order valence-electron chi connectivity index (χ2n) is 3.53. The van der Waals surface area contributed by atoms with Crippen molar-refractivity contribution in [2.45, 2.75) is 32.1 Å². The van der Waals surface area contributed by atoms with Crippen LogP contribution < -0.4 is 0 Å². The van der Waals surface area contributed by atoms with Gasteiger partial charge in [-0.05, 0) is 18.1 Å². The predicted octanol–water partition coefficient (Wildman–Crippen LogP) is 2.66. The van der Waals surface area contributed by atoms with Crippen LogP contribution in [-0.4, -0.2) is 23.1 Å². The van der Waals surface area contributed by atoms with Crippen molar-refractivity contribution in [3.8, 4) is 0 Å². The zero-order valence-electron chi connectivity index (χ0n) is 9.09. The van der Waals surface area contributed by atoms with Crippen molar-refractivity contribution in [3.63, 3.8) is 0 Å². The second-order valence-corrected chi connectivity index (χ2v) is 3.53. The first kappa shape index (κ1) is 13.6. The minimum Gasteiger partial charge on any atom is -0.292 e. The number of hydrogen-bond donors (Lipinski definition) is 0. The number of hydrogen-bond acceptors (Lipinski definition) is 2. The molecule has 1 rings (SSSR count). The molecule has 0 radical (unpaired) electrons. The normalized spacial score (nSPS) is 11.9. The highest BCUT2D eigenvalue weighted by molar-refractivity contribution is 5.87. The molecule has 1 heterocycles. The summed E-state index contributed by atoms with van der Waals surface area (Å²) in [5.74, 6) is -6.42. The lowest BCUT2D eigenvalue weighted by atomic mass is 10.1. The minimum absolute atomic E-state index is 0.0625. The van der Waals surface area contributed by atoms with Gasteiger partial charge in [0, 0.05) is 11.9 Å². The molecule has 0 unspecified atom stereocenters. The van der Waals surface area contributed by atoms with Crippen LogP contribution in [0.4, 0.5) is 17.6 Å². The molecule has 2 nitrogen and oxygen atoms in total. The van der Waals surface area contributed by atoms with Gasteiger partial charge >= 0.3 is 12.3 Å². The van der Waals surface area contributed by atoms with Gasteiger partial charge in [-0.2, -0.15) is 8.78 Å². The number of carbonyl (C=O) groups is 1. The fraction of sp³-hybridized carbons (Fsp3) is 0.455. The highest BCUT2D eigenvalue weighted by Crippen LogP contribution is 2.25. The first-order chi connectivity index (χ1) is 7.87. The van der Waals surface area contributed by atoms with Crippen molar-refractivity contribution >= 4 is 5.78 Å². The number of Topliss-reactive ketones (excluding diaryl/α,β-unsaturated/α-hetero) is 1. The molecule has 0 N–H and O–H groups in total. The molecule has 1 aromatic rings. The summed E-state index contributed by atoms with van der Waals surface area (Å²) in [7, 11) is 0. The number of halogens is 4. The Morgan fingerprint density at radius 2 is 2.06 bits per heavy atom. The Balaban J connectivity index is 2.74. The molecule has 17 heavy (non-hydrogen) atoms. The fourth-order valence-corrected chi connectivity index (χ4v) is 1.17. The van der Waals surface area contributed by atoms with Gasteiger partial charge < -0.3 is 0 Å². The molecule has 6 heteroatoms. The van der Waals surface area contributed by atoms with Crippen molar-refractivity contribution in [3.05, 3.63) is 29.6 Å². The van der Waals surface area contributed by atoms with E-state index in [1.807, 2.05) is 6.92 Å². The molecule has 0 amide bonds. The molecule has 0 saturated carbocycles. The van der Waals surface area contributed by atoms with Crippen LogP contribution in [-0.2, 0) is 17.6 Å². The van der Waals surface area contributed by atoms with Crippen molar-refractivity contribution in [2.24, 2.45) is 0 Å². The van der Waals surface area contributed by atoms with E-state index in [1.165, 1.54) is 12.3 Å². The predicted molar refractivity (Wildman–Crippen MR) is 53.3 cm³/mol. The lowest BCUT2D eigenvalue weighted by Gasteiger charge is -2.13. The number of nitrogens with zero attached hydrogens (tertiary/aromatic N) is 1. The van der Waals surface area contributed by atoms with Gasteiger partial charge in [-0.25, -0.2) is 8.78 Å². The van der Waals surface area contributed by atoms with E-state index in [2.05, 4.69) is 4.98 Å². The lowest BCUT2D eigenvalue weighted by molar-refractivity contribution is -0.166. The van der Waals surface area contributed by atoms with Gasteiger partial charge in [-0.3, -0.25) is 9.78 Å². The highest BCUT2D eigenvalue weighted by Gasteiger charge is 2.48. The molecule has 0 saturated heterocycles. The molecule has 0 aliphatic carbocycles. The maximum Gasteiger partial charge on any atom is 0.364 e. The van der Waals surface area contributed by atoms with E-state index in [0.29, 0.717) is 6.42 Å². The molecule has 1 aromatic heterocycles. The third-order valence-corrected chi connectivity index (χ3v) is 2.28. The van der Waals surface area contributed by atoms with Crippen molar-refractivity contribution in [2.75, 3.05) is 0 Å². The van der Waals surface area contributed by atoms with E-state index in [4.69, 9.17) is 0 Å². The zero-order chi connectivity index (χ0) is 13.1. The summed E-state index contributed by atoms with van der Waals surface area (Å²) in [6, 6.07) is 3.01. The van der Waals surface area contributed by atoms with Crippen molar-refractivity contribution in [1.29, 1.82) is 0 Å².